The van der Waals surface area contributed by atoms with Gasteiger partial charge in [0.1, 0.15) is 17.3 Å². The summed E-state index contributed by atoms with van der Waals surface area (Å²) in [7, 11) is 0. The van der Waals surface area contributed by atoms with Gasteiger partial charge in [0.25, 0.3) is 0 Å². The van der Waals surface area contributed by atoms with Crippen molar-refractivity contribution in [2.75, 3.05) is 13.2 Å². The first-order chi connectivity index (χ1) is 17.3. The Hall–Kier alpha value is -3.27. The number of hydrogen-bond acceptors (Lipinski definition) is 3. The van der Waals surface area contributed by atoms with Crippen LogP contribution >= 0.6 is 0 Å². The molecule has 0 saturated carbocycles. The van der Waals surface area contributed by atoms with E-state index in [1.807, 2.05) is 6.07 Å². The topological polar surface area (TPSA) is 36.3 Å². The number of ether oxygens (including phenoxy) is 2. The zero-order valence-corrected chi connectivity index (χ0v) is 21.2. The highest BCUT2D eigenvalue weighted by Crippen LogP contribution is 2.24. The van der Waals surface area contributed by atoms with Crippen LogP contribution in [0.4, 0.5) is 0 Å². The summed E-state index contributed by atoms with van der Waals surface area (Å²) in [5.41, 5.74) is 4.85. The minimum atomic E-state index is 0.689. The number of imidazole rings is 1. The van der Waals surface area contributed by atoms with Crippen LogP contribution in [-0.2, 0) is 25.8 Å². The molecule has 4 rings (SSSR count). The number of fused-ring (bicyclic) bond motifs is 1. The summed E-state index contributed by atoms with van der Waals surface area (Å²) in [6.07, 6.45) is 7.32. The predicted molar refractivity (Wildman–Crippen MR) is 145 cm³/mol. The molecular weight excluding hydrogens is 432 g/mol. The molecule has 0 aliphatic heterocycles. The van der Waals surface area contributed by atoms with Crippen LogP contribution < -0.4 is 9.47 Å². The number of aryl methyl sites for hydroxylation is 3. The molecule has 0 atom stereocenters. The van der Waals surface area contributed by atoms with Gasteiger partial charge in [-0.2, -0.15) is 0 Å². The Balaban J connectivity index is 1.38. The molecular formula is C31H38N2O2. The first-order valence-corrected chi connectivity index (χ1v) is 13.1. The molecule has 4 heteroatoms. The Labute approximate surface area is 209 Å². The fraction of sp³-hybridized carbons (Fsp3) is 0.387. The van der Waals surface area contributed by atoms with Crippen LogP contribution in [0.3, 0.4) is 0 Å². The van der Waals surface area contributed by atoms with Crippen molar-refractivity contribution in [3.05, 3.63) is 89.7 Å². The maximum Gasteiger partial charge on any atom is 0.121 e. The zero-order valence-electron chi connectivity index (χ0n) is 21.2. The van der Waals surface area contributed by atoms with E-state index in [0.717, 1.165) is 80.9 Å². The Morgan fingerprint density at radius 1 is 0.686 bits per heavy atom. The summed E-state index contributed by atoms with van der Waals surface area (Å²) in [5.74, 6) is 3.02. The van der Waals surface area contributed by atoms with Crippen LogP contribution in [0.5, 0.6) is 11.5 Å². The molecule has 0 aliphatic rings. The van der Waals surface area contributed by atoms with Gasteiger partial charge in [0, 0.05) is 25.5 Å². The summed E-state index contributed by atoms with van der Waals surface area (Å²) in [4.78, 5) is 4.99. The molecule has 0 amide bonds. The quantitative estimate of drug-likeness (QED) is 0.180. The summed E-state index contributed by atoms with van der Waals surface area (Å²) < 4.78 is 14.3. The Bertz CT molecular complexity index is 1170. The summed E-state index contributed by atoms with van der Waals surface area (Å²) in [5, 5.41) is 0. The van der Waals surface area contributed by atoms with Crippen molar-refractivity contribution in [2.45, 2.75) is 65.3 Å². The van der Waals surface area contributed by atoms with Gasteiger partial charge >= 0.3 is 0 Å². The number of hydrogen-bond donors (Lipinski definition) is 0. The minimum absolute atomic E-state index is 0.689. The van der Waals surface area contributed by atoms with Crippen molar-refractivity contribution in [3.63, 3.8) is 0 Å². The van der Waals surface area contributed by atoms with Crippen molar-refractivity contribution in [1.29, 1.82) is 0 Å². The number of benzene rings is 3. The highest BCUT2D eigenvalue weighted by molar-refractivity contribution is 5.78. The average molecular weight is 471 g/mol. The van der Waals surface area contributed by atoms with E-state index in [2.05, 4.69) is 85.1 Å². The lowest BCUT2D eigenvalue weighted by atomic mass is 10.1. The SMILES string of the molecule is CCCCOc1ccc2nc(CCc3ccc(OCCc4ccccc4)cc3)n(CCCC)c2c1. The van der Waals surface area contributed by atoms with Crippen LogP contribution in [-0.4, -0.2) is 22.8 Å². The lowest BCUT2D eigenvalue weighted by molar-refractivity contribution is 0.309. The van der Waals surface area contributed by atoms with Crippen LogP contribution in [0.15, 0.2) is 72.8 Å². The van der Waals surface area contributed by atoms with Gasteiger partial charge in [0.05, 0.1) is 24.2 Å². The van der Waals surface area contributed by atoms with Gasteiger partial charge in [-0.05, 0) is 54.7 Å². The molecule has 1 heterocycles. The van der Waals surface area contributed by atoms with Crippen molar-refractivity contribution in [3.8, 4) is 11.5 Å². The molecule has 0 bridgehead atoms. The lowest BCUT2D eigenvalue weighted by Crippen LogP contribution is -2.06. The van der Waals surface area contributed by atoms with E-state index in [1.54, 1.807) is 0 Å². The van der Waals surface area contributed by atoms with E-state index in [-0.39, 0.29) is 0 Å². The second kappa shape index (κ2) is 13.0. The van der Waals surface area contributed by atoms with E-state index < -0.39 is 0 Å². The molecule has 0 fully saturated rings. The molecule has 0 aliphatic carbocycles. The molecule has 0 spiro atoms. The van der Waals surface area contributed by atoms with Crippen molar-refractivity contribution < 1.29 is 9.47 Å². The molecule has 0 saturated heterocycles. The zero-order chi connectivity index (χ0) is 24.3. The van der Waals surface area contributed by atoms with Gasteiger partial charge in [-0.1, -0.05) is 69.2 Å². The van der Waals surface area contributed by atoms with Gasteiger partial charge in [-0.25, -0.2) is 4.98 Å². The molecule has 35 heavy (non-hydrogen) atoms. The van der Waals surface area contributed by atoms with Gasteiger partial charge in [-0.3, -0.25) is 0 Å². The maximum absolute atomic E-state index is 5.96. The molecule has 3 aromatic carbocycles. The first kappa shape index (κ1) is 24.8. The third-order valence-electron chi connectivity index (χ3n) is 6.36. The summed E-state index contributed by atoms with van der Waals surface area (Å²) in [6, 6.07) is 25.3. The molecule has 4 aromatic rings. The number of aromatic nitrogens is 2. The molecule has 0 N–H and O–H groups in total. The Kier molecular flexibility index (Phi) is 9.22. The molecule has 4 nitrogen and oxygen atoms in total. The largest absolute Gasteiger partial charge is 0.494 e. The predicted octanol–water partition coefficient (Wildman–Crippen LogP) is 7.42. The van der Waals surface area contributed by atoms with Gasteiger partial charge in [0.15, 0.2) is 0 Å². The van der Waals surface area contributed by atoms with Crippen LogP contribution in [0.25, 0.3) is 11.0 Å². The maximum atomic E-state index is 5.96. The molecule has 0 unspecified atom stereocenters. The third kappa shape index (κ3) is 7.11. The van der Waals surface area contributed by atoms with Crippen LogP contribution in [0.2, 0.25) is 0 Å². The fourth-order valence-electron chi connectivity index (χ4n) is 4.27. The number of unbranched alkanes of at least 4 members (excludes halogenated alkanes) is 2. The van der Waals surface area contributed by atoms with Crippen LogP contribution in [0, 0.1) is 0 Å². The standard InChI is InChI=1S/C31H38N2O2/c1-3-5-21-33-30-24-28(34-22-6-4-2)17-18-29(30)32-31(33)19-14-26-12-15-27(16-13-26)35-23-20-25-10-8-7-9-11-25/h7-13,15-18,24H,3-6,14,19-23H2,1-2H3. The Morgan fingerprint density at radius 3 is 2.17 bits per heavy atom. The molecule has 184 valence electrons. The average Bonchev–Trinajstić information content (AvgIpc) is 3.24. The normalized spacial score (nSPS) is 11.1. The summed E-state index contributed by atoms with van der Waals surface area (Å²) >= 11 is 0. The first-order valence-electron chi connectivity index (χ1n) is 13.1. The highest BCUT2D eigenvalue weighted by Gasteiger charge is 2.12. The minimum Gasteiger partial charge on any atom is -0.494 e. The van der Waals surface area contributed by atoms with Gasteiger partial charge < -0.3 is 14.0 Å². The van der Waals surface area contributed by atoms with E-state index >= 15 is 0 Å². The smallest absolute Gasteiger partial charge is 0.121 e. The van der Waals surface area contributed by atoms with Gasteiger partial charge in [-0.15, -0.1) is 0 Å². The second-order valence-corrected chi connectivity index (χ2v) is 9.11. The van der Waals surface area contributed by atoms with Crippen molar-refractivity contribution in [2.24, 2.45) is 0 Å². The monoisotopic (exact) mass is 470 g/mol. The molecule has 0 radical (unpaired) electrons. The van der Waals surface area contributed by atoms with E-state index in [1.165, 1.54) is 16.6 Å². The van der Waals surface area contributed by atoms with Crippen LogP contribution in [0.1, 0.15) is 56.5 Å². The lowest BCUT2D eigenvalue weighted by Gasteiger charge is -2.10. The van der Waals surface area contributed by atoms with Crippen molar-refractivity contribution in [1.82, 2.24) is 9.55 Å². The highest BCUT2D eigenvalue weighted by atomic mass is 16.5. The third-order valence-corrected chi connectivity index (χ3v) is 6.36. The van der Waals surface area contributed by atoms with E-state index in [4.69, 9.17) is 14.5 Å². The van der Waals surface area contributed by atoms with Gasteiger partial charge in [0.2, 0.25) is 0 Å². The number of rotatable bonds is 14. The summed E-state index contributed by atoms with van der Waals surface area (Å²) in [6.45, 7) is 6.88. The van der Waals surface area contributed by atoms with E-state index in [0.29, 0.717) is 6.61 Å². The fourth-order valence-corrected chi connectivity index (χ4v) is 4.27. The molecule has 1 aromatic heterocycles. The Morgan fingerprint density at radius 2 is 1.40 bits per heavy atom. The second-order valence-electron chi connectivity index (χ2n) is 9.11. The van der Waals surface area contributed by atoms with Crippen molar-refractivity contribution >= 4 is 11.0 Å². The number of nitrogens with zero attached hydrogens (tertiary/aromatic N) is 2. The van der Waals surface area contributed by atoms with E-state index in [9.17, 15) is 0 Å².